The van der Waals surface area contributed by atoms with Crippen LogP contribution in [0.15, 0.2) is 0 Å². The van der Waals surface area contributed by atoms with Crippen LogP contribution >= 0.6 is 0 Å². The van der Waals surface area contributed by atoms with Crippen LogP contribution in [0.2, 0.25) is 0 Å². The number of hydrogen-bond acceptors (Lipinski definition) is 2. The van der Waals surface area contributed by atoms with Crippen molar-refractivity contribution in [1.29, 1.82) is 0 Å². The van der Waals surface area contributed by atoms with Crippen LogP contribution in [0.1, 0.15) is 1.43 Å². The van der Waals surface area contributed by atoms with E-state index in [-0.39, 0.29) is 37.4 Å². The second-order valence-electron chi connectivity index (χ2n) is 0.412. The minimum absolute atomic E-state index is 0. The summed E-state index contributed by atoms with van der Waals surface area (Å²) in [5.41, 5.74) is 0. The van der Waals surface area contributed by atoms with Gasteiger partial charge in [-0.25, -0.2) is 0 Å². The molecule has 42 valence electrons. The van der Waals surface area contributed by atoms with Gasteiger partial charge in [-0.15, -0.1) is 0 Å². The Labute approximate surface area is 64.8 Å². The Kier molecular flexibility index (Phi) is 11.4. The molecular formula is H2FFeLiO3S. The van der Waals surface area contributed by atoms with E-state index in [9.17, 15) is 3.89 Å². The Hall–Kier alpha value is 0.957. The summed E-state index contributed by atoms with van der Waals surface area (Å²) in [6.45, 7) is 0. The molecule has 0 rings (SSSR count). The van der Waals surface area contributed by atoms with Gasteiger partial charge in [0, 0.05) is 17.1 Å². The van der Waals surface area contributed by atoms with Crippen LogP contribution in [-0.4, -0.2) is 13.0 Å². The second kappa shape index (κ2) is 5.10. The third-order valence-electron chi connectivity index (χ3n) is 0. The molecule has 0 unspecified atom stereocenters. The summed E-state index contributed by atoms with van der Waals surface area (Å²) in [6, 6.07) is 0. The second-order valence-corrected chi connectivity index (χ2v) is 1.24. The molecule has 0 heterocycles. The molecule has 1 N–H and O–H groups in total. The van der Waals surface area contributed by atoms with E-state index in [1.807, 2.05) is 0 Å². The molecule has 0 aliphatic carbocycles. The first kappa shape index (κ1) is 15.7. The monoisotopic (exact) mass is 164 g/mol. The van der Waals surface area contributed by atoms with Crippen LogP contribution in [0, 0.1) is 0 Å². The zero-order chi connectivity index (χ0) is 4.50. The van der Waals surface area contributed by atoms with Gasteiger partial charge in [0.2, 0.25) is 0 Å². The maximum atomic E-state index is 10.2. The standard InChI is InChI=1S/FHO3S.Fe.Li.H/c1-5(2,3)4;;;/h(H,2,3,4);;;/q;;+1;-1. The predicted molar refractivity (Wildman–Crippen MR) is 13.8 cm³/mol. The van der Waals surface area contributed by atoms with E-state index < -0.39 is 10.5 Å². The molecule has 7 heteroatoms. The smallest absolute Gasteiger partial charge is 1.00 e. The summed E-state index contributed by atoms with van der Waals surface area (Å²) in [7, 11) is -5.17. The Bertz CT molecular complexity index is 102. The van der Waals surface area contributed by atoms with Gasteiger partial charge < -0.3 is 1.43 Å². The molecule has 0 aliphatic rings. The van der Waals surface area contributed by atoms with Crippen LogP contribution in [0.4, 0.5) is 3.89 Å². The first-order valence-corrected chi connectivity index (χ1v) is 2.01. The Morgan fingerprint density at radius 2 is 1.57 bits per heavy atom. The van der Waals surface area contributed by atoms with Gasteiger partial charge in [0.15, 0.2) is 0 Å². The van der Waals surface area contributed by atoms with Crippen molar-refractivity contribution in [1.82, 2.24) is 0 Å². The molecule has 3 nitrogen and oxygen atoms in total. The molecule has 0 saturated carbocycles. The van der Waals surface area contributed by atoms with Gasteiger partial charge in [-0.2, -0.15) is 8.42 Å². The summed E-state index contributed by atoms with van der Waals surface area (Å²) in [4.78, 5) is 0. The van der Waals surface area contributed by atoms with E-state index >= 15 is 0 Å². The summed E-state index contributed by atoms with van der Waals surface area (Å²) >= 11 is 0. The zero-order valence-corrected chi connectivity index (χ0v) is 5.32. The number of rotatable bonds is 0. The summed E-state index contributed by atoms with van der Waals surface area (Å²) in [6.07, 6.45) is 0. The van der Waals surface area contributed by atoms with Crippen LogP contribution in [0.3, 0.4) is 0 Å². The molecule has 0 aromatic heterocycles. The van der Waals surface area contributed by atoms with Gasteiger partial charge in [0.05, 0.1) is 0 Å². The molecule has 0 spiro atoms. The molecule has 0 aliphatic heterocycles. The molecule has 0 aromatic rings. The molecule has 0 amide bonds. The average molecular weight is 164 g/mol. The van der Waals surface area contributed by atoms with Crippen LogP contribution in [0.25, 0.3) is 0 Å². The molecule has 0 radical (unpaired) electrons. The minimum atomic E-state index is -5.17. The number of halogens is 1. The normalized spacial score (nSPS) is 8.29. The Morgan fingerprint density at radius 3 is 1.57 bits per heavy atom. The van der Waals surface area contributed by atoms with E-state index in [1.165, 1.54) is 0 Å². The van der Waals surface area contributed by atoms with Crippen molar-refractivity contribution in [3.05, 3.63) is 0 Å². The van der Waals surface area contributed by atoms with Crippen LogP contribution in [-0.2, 0) is 27.6 Å². The predicted octanol–water partition coefficient (Wildman–Crippen LogP) is -3.13. The zero-order valence-electron chi connectivity index (χ0n) is 4.40. The van der Waals surface area contributed by atoms with Crippen LogP contribution < -0.4 is 18.9 Å². The van der Waals surface area contributed by atoms with Crippen molar-refractivity contribution >= 4 is 10.5 Å². The fourth-order valence-electron chi connectivity index (χ4n) is 0. The van der Waals surface area contributed by atoms with Crippen molar-refractivity contribution < 1.29 is 54.2 Å². The maximum Gasteiger partial charge on any atom is 1.00 e. The van der Waals surface area contributed by atoms with Gasteiger partial charge in [0.25, 0.3) is 0 Å². The average Bonchev–Trinajstić information content (AvgIpc) is 0.722. The summed E-state index contributed by atoms with van der Waals surface area (Å²) in [5, 5.41) is 0. The van der Waals surface area contributed by atoms with Gasteiger partial charge >= 0.3 is 29.4 Å². The third kappa shape index (κ3) is 187. The van der Waals surface area contributed by atoms with Crippen molar-refractivity contribution in [3.8, 4) is 0 Å². The van der Waals surface area contributed by atoms with Crippen molar-refractivity contribution in [2.24, 2.45) is 0 Å². The Balaban J connectivity index is -0.0000000267. The molecular weight excluding hydrogens is 162 g/mol. The summed E-state index contributed by atoms with van der Waals surface area (Å²) < 4.78 is 34.1. The quantitative estimate of drug-likeness (QED) is 0.234. The van der Waals surface area contributed by atoms with E-state index in [0.717, 1.165) is 0 Å². The largest absolute Gasteiger partial charge is 1.00 e. The fourth-order valence-corrected chi connectivity index (χ4v) is 0. The molecule has 7 heavy (non-hydrogen) atoms. The van der Waals surface area contributed by atoms with Crippen molar-refractivity contribution in [3.63, 3.8) is 0 Å². The van der Waals surface area contributed by atoms with Crippen molar-refractivity contribution in [2.75, 3.05) is 0 Å². The van der Waals surface area contributed by atoms with Gasteiger partial charge in [-0.05, 0) is 0 Å². The SMILES string of the molecule is O=S(=O)(O)F.[Fe].[H-].[Li+]. The molecule has 0 bridgehead atoms. The van der Waals surface area contributed by atoms with E-state index in [1.54, 1.807) is 0 Å². The van der Waals surface area contributed by atoms with E-state index in [0.29, 0.717) is 0 Å². The maximum absolute atomic E-state index is 10.2. The minimum Gasteiger partial charge on any atom is -1.00 e. The first-order chi connectivity index (χ1) is 2.00. The number of hydrogen-bond donors (Lipinski definition) is 1. The molecule has 0 atom stereocenters. The van der Waals surface area contributed by atoms with E-state index in [4.69, 9.17) is 13.0 Å². The Morgan fingerprint density at radius 1 is 1.57 bits per heavy atom. The molecule has 0 fully saturated rings. The topological polar surface area (TPSA) is 54.4 Å². The third-order valence-corrected chi connectivity index (χ3v) is 0. The van der Waals surface area contributed by atoms with Crippen LogP contribution in [0.5, 0.6) is 0 Å². The van der Waals surface area contributed by atoms with Gasteiger partial charge in [-0.3, -0.25) is 4.55 Å². The van der Waals surface area contributed by atoms with Gasteiger partial charge in [-0.1, -0.05) is 3.89 Å². The van der Waals surface area contributed by atoms with Crippen molar-refractivity contribution in [2.45, 2.75) is 0 Å². The molecule has 0 aromatic carbocycles. The molecule has 0 saturated heterocycles. The fraction of sp³-hybridized carbons (Fsp3) is 0. The summed E-state index contributed by atoms with van der Waals surface area (Å²) in [5.74, 6) is 0. The van der Waals surface area contributed by atoms with E-state index in [2.05, 4.69) is 0 Å². The van der Waals surface area contributed by atoms with Gasteiger partial charge in [0.1, 0.15) is 0 Å². The first-order valence-electron chi connectivity index (χ1n) is 0.670.